The monoisotopic (exact) mass is 321 g/mol. The molecule has 0 saturated heterocycles. The minimum Gasteiger partial charge on any atom is -0.507 e. The van der Waals surface area contributed by atoms with Crippen LogP contribution in [0.5, 0.6) is 5.75 Å². The smallest absolute Gasteiger partial charge is 0.221 e. The molecule has 0 aliphatic heterocycles. The number of amides is 1. The maximum absolute atomic E-state index is 12.7. The Kier molecular flexibility index (Phi) is 3.97. The standard InChI is InChI=1S/C20H19NO3/c1-11-4-9-17(23)19-18(11)12(2)16(20(19)24)10-14-5-7-15(8-6-14)21-13(3)22/h4-10,12,23H,1-3H3,(H,21,22)/b16-10+. The molecule has 1 aliphatic rings. The SMILES string of the molecule is CC(=O)Nc1ccc(/C=C2/C(=O)c3c(O)ccc(C)c3C2C)cc1. The molecule has 1 atom stereocenters. The number of anilines is 1. The number of fused-ring (bicyclic) bond motifs is 1. The van der Waals surface area contributed by atoms with Crippen molar-refractivity contribution in [3.8, 4) is 5.75 Å². The zero-order valence-electron chi connectivity index (χ0n) is 13.9. The normalized spacial score (nSPS) is 17.9. The minimum atomic E-state index is -0.123. The van der Waals surface area contributed by atoms with E-state index in [1.165, 1.54) is 6.92 Å². The number of allylic oxidation sites excluding steroid dienone is 1. The van der Waals surface area contributed by atoms with Gasteiger partial charge in [-0.15, -0.1) is 0 Å². The Morgan fingerprint density at radius 2 is 1.83 bits per heavy atom. The van der Waals surface area contributed by atoms with Crippen LogP contribution in [0.1, 0.15) is 46.8 Å². The van der Waals surface area contributed by atoms with E-state index < -0.39 is 0 Å². The Bertz CT molecular complexity index is 863. The van der Waals surface area contributed by atoms with E-state index in [9.17, 15) is 14.7 Å². The molecular formula is C20H19NO3. The molecule has 1 amide bonds. The Morgan fingerprint density at radius 3 is 2.42 bits per heavy atom. The van der Waals surface area contributed by atoms with Crippen LogP contribution in [0.4, 0.5) is 5.69 Å². The van der Waals surface area contributed by atoms with E-state index in [2.05, 4.69) is 5.32 Å². The first-order chi connectivity index (χ1) is 11.4. The molecule has 24 heavy (non-hydrogen) atoms. The predicted octanol–water partition coefficient (Wildman–Crippen LogP) is 4.04. The maximum atomic E-state index is 12.7. The highest BCUT2D eigenvalue weighted by Crippen LogP contribution is 2.43. The topological polar surface area (TPSA) is 66.4 Å². The fourth-order valence-electron chi connectivity index (χ4n) is 3.24. The van der Waals surface area contributed by atoms with Crippen molar-refractivity contribution in [3.05, 3.63) is 64.2 Å². The molecule has 0 radical (unpaired) electrons. The highest BCUT2D eigenvalue weighted by molar-refractivity contribution is 6.18. The van der Waals surface area contributed by atoms with Gasteiger partial charge in [0.05, 0.1) is 5.56 Å². The number of carbonyl (C=O) groups is 2. The summed E-state index contributed by atoms with van der Waals surface area (Å²) in [5.41, 5.74) is 4.59. The molecule has 2 aromatic carbocycles. The van der Waals surface area contributed by atoms with Crippen LogP contribution in [-0.2, 0) is 4.79 Å². The lowest BCUT2D eigenvalue weighted by Crippen LogP contribution is -2.05. The molecule has 122 valence electrons. The van der Waals surface area contributed by atoms with Crippen LogP contribution < -0.4 is 5.32 Å². The number of aromatic hydroxyl groups is 1. The van der Waals surface area contributed by atoms with E-state index in [1.807, 2.05) is 38.1 Å². The van der Waals surface area contributed by atoms with Crippen molar-refractivity contribution in [1.29, 1.82) is 0 Å². The first kappa shape index (κ1) is 16.0. The van der Waals surface area contributed by atoms with E-state index in [0.717, 1.165) is 16.7 Å². The maximum Gasteiger partial charge on any atom is 0.221 e. The summed E-state index contributed by atoms with van der Waals surface area (Å²) in [6.07, 6.45) is 1.85. The molecule has 2 N–H and O–H groups in total. The van der Waals surface area contributed by atoms with E-state index in [-0.39, 0.29) is 23.4 Å². The predicted molar refractivity (Wildman–Crippen MR) is 94.3 cm³/mol. The third kappa shape index (κ3) is 2.71. The fraction of sp³-hybridized carbons (Fsp3) is 0.200. The minimum absolute atomic E-state index is 0.0388. The number of hydrogen-bond acceptors (Lipinski definition) is 3. The van der Waals surface area contributed by atoms with Gasteiger partial charge in [-0.25, -0.2) is 0 Å². The summed E-state index contributed by atoms with van der Waals surface area (Å²) < 4.78 is 0. The molecule has 0 saturated carbocycles. The van der Waals surface area contributed by atoms with Crippen molar-refractivity contribution < 1.29 is 14.7 Å². The Morgan fingerprint density at radius 1 is 1.17 bits per heavy atom. The molecule has 1 aliphatic carbocycles. The number of benzene rings is 2. The van der Waals surface area contributed by atoms with Crippen molar-refractivity contribution >= 4 is 23.5 Å². The summed E-state index contributed by atoms with van der Waals surface area (Å²) in [7, 11) is 0. The number of carbonyl (C=O) groups excluding carboxylic acids is 2. The number of rotatable bonds is 2. The molecule has 2 aromatic rings. The Labute approximate surface area is 140 Å². The lowest BCUT2D eigenvalue weighted by atomic mass is 9.95. The zero-order chi connectivity index (χ0) is 17.4. The van der Waals surface area contributed by atoms with Crippen LogP contribution in [0.15, 0.2) is 42.0 Å². The van der Waals surface area contributed by atoms with Gasteiger partial charge in [0.2, 0.25) is 5.91 Å². The molecule has 0 spiro atoms. The van der Waals surface area contributed by atoms with Crippen molar-refractivity contribution in [2.45, 2.75) is 26.7 Å². The third-order valence-corrected chi connectivity index (χ3v) is 4.38. The van der Waals surface area contributed by atoms with Crippen molar-refractivity contribution in [2.75, 3.05) is 5.32 Å². The highest BCUT2D eigenvalue weighted by Gasteiger charge is 2.35. The molecule has 4 nitrogen and oxygen atoms in total. The average molecular weight is 321 g/mol. The van der Waals surface area contributed by atoms with Gasteiger partial charge in [0.15, 0.2) is 5.78 Å². The lowest BCUT2D eigenvalue weighted by molar-refractivity contribution is -0.114. The summed E-state index contributed by atoms with van der Waals surface area (Å²) >= 11 is 0. The molecule has 3 rings (SSSR count). The van der Waals surface area contributed by atoms with Gasteiger partial charge in [0.25, 0.3) is 0 Å². The van der Waals surface area contributed by atoms with E-state index in [0.29, 0.717) is 16.8 Å². The molecular weight excluding hydrogens is 302 g/mol. The second kappa shape index (κ2) is 5.96. The Balaban J connectivity index is 1.97. The number of hydrogen-bond donors (Lipinski definition) is 2. The van der Waals surface area contributed by atoms with Crippen LogP contribution in [0, 0.1) is 6.92 Å². The lowest BCUT2D eigenvalue weighted by Gasteiger charge is -2.09. The number of aryl methyl sites for hydroxylation is 1. The third-order valence-electron chi connectivity index (χ3n) is 4.38. The van der Waals surface area contributed by atoms with Gasteiger partial charge in [-0.2, -0.15) is 0 Å². The Hall–Kier alpha value is -2.88. The van der Waals surface area contributed by atoms with Crippen LogP contribution in [0.3, 0.4) is 0 Å². The van der Waals surface area contributed by atoms with Crippen LogP contribution in [-0.4, -0.2) is 16.8 Å². The molecule has 0 fully saturated rings. The first-order valence-corrected chi connectivity index (χ1v) is 7.85. The van der Waals surface area contributed by atoms with Crippen molar-refractivity contribution in [3.63, 3.8) is 0 Å². The highest BCUT2D eigenvalue weighted by atomic mass is 16.3. The first-order valence-electron chi connectivity index (χ1n) is 7.85. The van der Waals surface area contributed by atoms with Gasteiger partial charge in [0, 0.05) is 24.1 Å². The number of Topliss-reactive ketones (excluding diaryl/α,β-unsaturated/α-hetero) is 1. The number of phenols is 1. The number of nitrogens with one attached hydrogen (secondary N) is 1. The van der Waals surface area contributed by atoms with E-state index in [4.69, 9.17) is 0 Å². The van der Waals surface area contributed by atoms with Crippen LogP contribution in [0.25, 0.3) is 6.08 Å². The molecule has 0 bridgehead atoms. The molecule has 0 heterocycles. The molecule has 0 aromatic heterocycles. The van der Waals surface area contributed by atoms with E-state index >= 15 is 0 Å². The van der Waals surface area contributed by atoms with Gasteiger partial charge in [-0.1, -0.05) is 25.1 Å². The van der Waals surface area contributed by atoms with Gasteiger partial charge >= 0.3 is 0 Å². The molecule has 1 unspecified atom stereocenters. The summed E-state index contributed by atoms with van der Waals surface area (Å²) in [5, 5.41) is 12.8. The van der Waals surface area contributed by atoms with Crippen LogP contribution >= 0.6 is 0 Å². The molecule has 4 heteroatoms. The van der Waals surface area contributed by atoms with Gasteiger partial charge in [0.1, 0.15) is 5.75 Å². The van der Waals surface area contributed by atoms with Gasteiger partial charge in [-0.05, 0) is 47.9 Å². The van der Waals surface area contributed by atoms with E-state index in [1.54, 1.807) is 18.2 Å². The summed E-state index contributed by atoms with van der Waals surface area (Å²) in [6, 6.07) is 10.7. The van der Waals surface area contributed by atoms with Crippen molar-refractivity contribution in [1.82, 2.24) is 0 Å². The summed E-state index contributed by atoms with van der Waals surface area (Å²) in [5.74, 6) is -0.266. The van der Waals surface area contributed by atoms with Crippen molar-refractivity contribution in [2.24, 2.45) is 0 Å². The number of ketones is 1. The fourth-order valence-corrected chi connectivity index (χ4v) is 3.24. The summed E-state index contributed by atoms with van der Waals surface area (Å²) in [4.78, 5) is 23.8. The number of phenolic OH excluding ortho intramolecular Hbond substituents is 1. The largest absolute Gasteiger partial charge is 0.507 e. The van der Waals surface area contributed by atoms with Crippen LogP contribution in [0.2, 0.25) is 0 Å². The van der Waals surface area contributed by atoms with Gasteiger partial charge < -0.3 is 10.4 Å². The quantitative estimate of drug-likeness (QED) is 0.820. The second-order valence-corrected chi connectivity index (χ2v) is 6.14. The second-order valence-electron chi connectivity index (χ2n) is 6.14. The summed E-state index contributed by atoms with van der Waals surface area (Å²) in [6.45, 7) is 5.39. The average Bonchev–Trinajstić information content (AvgIpc) is 2.78. The van der Waals surface area contributed by atoms with Gasteiger partial charge in [-0.3, -0.25) is 9.59 Å². The zero-order valence-corrected chi connectivity index (χ0v) is 13.9.